The smallest absolute Gasteiger partial charge is 0.134 e. The molecule has 1 aromatic carbocycles. The molecule has 0 amide bonds. The molecule has 2 nitrogen and oxygen atoms in total. The summed E-state index contributed by atoms with van der Waals surface area (Å²) in [5, 5.41) is 0.744. The molecular weight excluding hydrogens is 244 g/mol. The molecule has 2 unspecified atom stereocenters. The molecule has 0 heterocycles. The standard InChI is InChI=1S/C12H13ClO2S/c13-10-3-1-9(2-4-10)8-16(15)12-6-5-11(14)7-12/h1-4,12H,5-8H2. The summed E-state index contributed by atoms with van der Waals surface area (Å²) in [6.45, 7) is 0. The normalized spacial score (nSPS) is 22.3. The fraction of sp³-hybridized carbons (Fsp3) is 0.417. The highest BCUT2D eigenvalue weighted by molar-refractivity contribution is 7.84. The van der Waals surface area contributed by atoms with Crippen LogP contribution in [0.2, 0.25) is 5.02 Å². The van der Waals surface area contributed by atoms with Crippen LogP contribution in [-0.4, -0.2) is 15.2 Å². The van der Waals surface area contributed by atoms with Gasteiger partial charge >= 0.3 is 0 Å². The van der Waals surface area contributed by atoms with Gasteiger partial charge in [-0.25, -0.2) is 0 Å². The number of carbonyl (C=O) groups is 1. The highest BCUT2D eigenvalue weighted by atomic mass is 35.5. The van der Waals surface area contributed by atoms with Gasteiger partial charge in [-0.3, -0.25) is 9.00 Å². The van der Waals surface area contributed by atoms with Crippen molar-refractivity contribution in [1.29, 1.82) is 0 Å². The average molecular weight is 257 g/mol. The van der Waals surface area contributed by atoms with E-state index in [2.05, 4.69) is 0 Å². The van der Waals surface area contributed by atoms with Gasteiger partial charge < -0.3 is 0 Å². The first-order chi connectivity index (χ1) is 7.65. The zero-order chi connectivity index (χ0) is 11.5. The topological polar surface area (TPSA) is 34.1 Å². The Morgan fingerprint density at radius 3 is 2.56 bits per heavy atom. The van der Waals surface area contributed by atoms with Gasteiger partial charge in [0.25, 0.3) is 0 Å². The van der Waals surface area contributed by atoms with E-state index < -0.39 is 10.8 Å². The van der Waals surface area contributed by atoms with Crippen LogP contribution in [0.25, 0.3) is 0 Å². The van der Waals surface area contributed by atoms with E-state index in [1.807, 2.05) is 12.1 Å². The van der Waals surface area contributed by atoms with E-state index in [0.29, 0.717) is 23.6 Å². The Kier molecular flexibility index (Phi) is 3.77. The van der Waals surface area contributed by atoms with E-state index in [4.69, 9.17) is 11.6 Å². The van der Waals surface area contributed by atoms with Crippen LogP contribution in [0.15, 0.2) is 24.3 Å². The lowest BCUT2D eigenvalue weighted by Crippen LogP contribution is -2.13. The van der Waals surface area contributed by atoms with Gasteiger partial charge in [-0.1, -0.05) is 23.7 Å². The molecule has 0 bridgehead atoms. The molecule has 0 saturated heterocycles. The lowest BCUT2D eigenvalue weighted by molar-refractivity contribution is -0.117. The molecule has 1 aliphatic rings. The van der Waals surface area contributed by atoms with Crippen LogP contribution in [0.1, 0.15) is 24.8 Å². The molecule has 0 N–H and O–H groups in total. The lowest BCUT2D eigenvalue weighted by Gasteiger charge is -2.08. The summed E-state index contributed by atoms with van der Waals surface area (Å²) < 4.78 is 12.0. The Balaban J connectivity index is 1.97. The van der Waals surface area contributed by atoms with Gasteiger partial charge in [-0.2, -0.15) is 0 Å². The first-order valence-electron chi connectivity index (χ1n) is 5.28. The van der Waals surface area contributed by atoms with Crippen LogP contribution in [0.4, 0.5) is 0 Å². The highest BCUT2D eigenvalue weighted by Gasteiger charge is 2.26. The van der Waals surface area contributed by atoms with E-state index in [-0.39, 0.29) is 11.0 Å². The third-order valence-electron chi connectivity index (χ3n) is 2.79. The fourth-order valence-electron chi connectivity index (χ4n) is 1.87. The van der Waals surface area contributed by atoms with E-state index >= 15 is 0 Å². The van der Waals surface area contributed by atoms with Crippen molar-refractivity contribution in [2.45, 2.75) is 30.3 Å². The molecule has 0 spiro atoms. The van der Waals surface area contributed by atoms with Crippen molar-refractivity contribution in [2.75, 3.05) is 0 Å². The predicted octanol–water partition coefficient (Wildman–Crippen LogP) is 2.71. The molecule has 1 saturated carbocycles. The number of hydrogen-bond acceptors (Lipinski definition) is 2. The largest absolute Gasteiger partial charge is 0.300 e. The number of halogens is 1. The number of hydrogen-bond donors (Lipinski definition) is 0. The summed E-state index contributed by atoms with van der Waals surface area (Å²) in [6.07, 6.45) is 1.86. The van der Waals surface area contributed by atoms with Gasteiger partial charge in [0.1, 0.15) is 5.78 Å². The number of Topliss-reactive ketones (excluding diaryl/α,β-unsaturated/α-hetero) is 1. The van der Waals surface area contributed by atoms with Crippen molar-refractivity contribution in [3.05, 3.63) is 34.9 Å². The second-order valence-electron chi connectivity index (χ2n) is 4.06. The fourth-order valence-corrected chi connectivity index (χ4v) is 3.50. The maximum absolute atomic E-state index is 12.0. The van der Waals surface area contributed by atoms with Crippen LogP contribution in [0, 0.1) is 0 Å². The Morgan fingerprint density at radius 2 is 2.00 bits per heavy atom. The van der Waals surface area contributed by atoms with Gasteiger partial charge in [0.15, 0.2) is 0 Å². The Labute approximate surface area is 102 Å². The Morgan fingerprint density at radius 1 is 1.31 bits per heavy atom. The number of rotatable bonds is 3. The van der Waals surface area contributed by atoms with Crippen molar-refractivity contribution in [2.24, 2.45) is 0 Å². The molecule has 16 heavy (non-hydrogen) atoms. The first kappa shape index (κ1) is 11.8. The maximum Gasteiger partial charge on any atom is 0.134 e. The van der Waals surface area contributed by atoms with Gasteiger partial charge in [-0.05, 0) is 24.1 Å². The molecule has 1 aliphatic carbocycles. The highest BCUT2D eigenvalue weighted by Crippen LogP contribution is 2.22. The molecule has 0 aromatic heterocycles. The molecule has 2 rings (SSSR count). The average Bonchev–Trinajstić information content (AvgIpc) is 2.68. The minimum atomic E-state index is -0.938. The first-order valence-corrected chi connectivity index (χ1v) is 7.04. The second-order valence-corrected chi connectivity index (χ2v) is 6.21. The Hall–Kier alpha value is -0.670. The number of carbonyl (C=O) groups excluding carboxylic acids is 1. The molecular formula is C12H13ClO2S. The third kappa shape index (κ3) is 2.92. The van der Waals surface area contributed by atoms with Gasteiger partial charge in [0, 0.05) is 39.7 Å². The Bertz CT molecular complexity index is 414. The second kappa shape index (κ2) is 5.11. The minimum Gasteiger partial charge on any atom is -0.300 e. The molecule has 2 atom stereocenters. The minimum absolute atomic E-state index is 0.0585. The van der Waals surface area contributed by atoms with Crippen LogP contribution in [0.3, 0.4) is 0 Å². The predicted molar refractivity (Wildman–Crippen MR) is 65.9 cm³/mol. The lowest BCUT2D eigenvalue weighted by atomic mass is 10.2. The van der Waals surface area contributed by atoms with Crippen molar-refractivity contribution in [3.63, 3.8) is 0 Å². The zero-order valence-electron chi connectivity index (χ0n) is 8.82. The molecule has 86 valence electrons. The third-order valence-corrected chi connectivity index (χ3v) is 4.81. The van der Waals surface area contributed by atoms with E-state index in [1.54, 1.807) is 12.1 Å². The van der Waals surface area contributed by atoms with E-state index in [1.165, 1.54) is 0 Å². The quantitative estimate of drug-likeness (QED) is 0.833. The molecule has 0 aliphatic heterocycles. The summed E-state index contributed by atoms with van der Waals surface area (Å²) >= 11 is 5.77. The summed E-state index contributed by atoms with van der Waals surface area (Å²) in [5.41, 5.74) is 1.02. The van der Waals surface area contributed by atoms with Gasteiger partial charge in [0.05, 0.1) is 0 Å². The van der Waals surface area contributed by atoms with Crippen molar-refractivity contribution in [1.82, 2.24) is 0 Å². The molecule has 0 radical (unpaired) electrons. The molecule has 4 heteroatoms. The van der Waals surface area contributed by atoms with Crippen LogP contribution < -0.4 is 0 Å². The zero-order valence-corrected chi connectivity index (χ0v) is 10.4. The van der Waals surface area contributed by atoms with Gasteiger partial charge in [0.2, 0.25) is 0 Å². The summed E-state index contributed by atoms with van der Waals surface area (Å²) in [7, 11) is -0.938. The summed E-state index contributed by atoms with van der Waals surface area (Å²) in [6, 6.07) is 7.37. The molecule has 1 fully saturated rings. The monoisotopic (exact) mass is 256 g/mol. The van der Waals surface area contributed by atoms with Crippen molar-refractivity contribution in [3.8, 4) is 0 Å². The summed E-state index contributed by atoms with van der Waals surface area (Å²) in [5.74, 6) is 0.768. The van der Waals surface area contributed by atoms with Crippen LogP contribution in [0.5, 0.6) is 0 Å². The van der Waals surface area contributed by atoms with Crippen molar-refractivity contribution >= 4 is 28.2 Å². The van der Waals surface area contributed by atoms with Crippen LogP contribution in [-0.2, 0) is 21.3 Å². The van der Waals surface area contributed by atoms with Crippen LogP contribution >= 0.6 is 11.6 Å². The van der Waals surface area contributed by atoms with E-state index in [9.17, 15) is 9.00 Å². The molecule has 1 aromatic rings. The van der Waals surface area contributed by atoms with Gasteiger partial charge in [-0.15, -0.1) is 0 Å². The van der Waals surface area contributed by atoms with Crippen molar-refractivity contribution < 1.29 is 9.00 Å². The number of ketones is 1. The SMILES string of the molecule is O=C1CCC(S(=O)Cc2ccc(Cl)cc2)C1. The van der Waals surface area contributed by atoms with E-state index in [0.717, 1.165) is 12.0 Å². The maximum atomic E-state index is 12.0. The number of benzene rings is 1. The summed E-state index contributed by atoms with van der Waals surface area (Å²) in [4.78, 5) is 11.1.